The van der Waals surface area contributed by atoms with Crippen LogP contribution in [0.2, 0.25) is 5.02 Å². The Labute approximate surface area is 148 Å². The van der Waals surface area contributed by atoms with Crippen LogP contribution in [-0.2, 0) is 0 Å². The number of hydrogen-bond donors (Lipinski definition) is 2. The van der Waals surface area contributed by atoms with E-state index >= 15 is 0 Å². The summed E-state index contributed by atoms with van der Waals surface area (Å²) in [4.78, 5) is 7.74. The van der Waals surface area contributed by atoms with Crippen LogP contribution in [0.15, 0.2) is 23.3 Å². The lowest BCUT2D eigenvalue weighted by Crippen LogP contribution is -2.40. The molecule has 0 unspecified atom stereocenters. The molecule has 0 fully saturated rings. The van der Waals surface area contributed by atoms with Crippen molar-refractivity contribution in [2.24, 2.45) is 4.99 Å². The summed E-state index contributed by atoms with van der Waals surface area (Å²) in [7, 11) is 1.47. The summed E-state index contributed by atoms with van der Waals surface area (Å²) in [5.41, 5.74) is 0. The average Bonchev–Trinajstić information content (AvgIpc) is 2.42. The lowest BCUT2D eigenvalue weighted by molar-refractivity contribution is -0.132. The van der Waals surface area contributed by atoms with Crippen LogP contribution in [0.3, 0.4) is 0 Å². The highest BCUT2D eigenvalue weighted by Crippen LogP contribution is 2.19. The minimum Gasteiger partial charge on any atom is -0.475 e. The third-order valence-electron chi connectivity index (χ3n) is 2.28. The molecule has 0 spiro atoms. The summed E-state index contributed by atoms with van der Waals surface area (Å²) in [5, 5.41) is 5.77. The Hall–Kier alpha value is -0.970. The molecule has 0 radical (unpaired) electrons. The van der Waals surface area contributed by atoms with E-state index in [0.717, 1.165) is 0 Å². The van der Waals surface area contributed by atoms with E-state index in [4.69, 9.17) is 16.3 Å². The predicted molar refractivity (Wildman–Crippen MR) is 90.2 cm³/mol. The number of alkyl halides is 3. The van der Waals surface area contributed by atoms with E-state index in [-0.39, 0.29) is 43.1 Å². The first kappa shape index (κ1) is 21.0. The molecule has 1 rings (SSSR count). The maximum Gasteiger partial charge on any atom is 0.390 e. The summed E-state index contributed by atoms with van der Waals surface area (Å²) < 4.78 is 41.3. The molecule has 22 heavy (non-hydrogen) atoms. The first-order valence-corrected chi connectivity index (χ1v) is 6.55. The standard InChI is InChI=1S/C12H16ClF3N4O.HI/c1-17-11(19-6-4-12(14,15)16)20-7-8-21-10-9(13)3-2-5-18-10;/h2-3,5H,4,6-8H2,1H3,(H2,17,19,20);1H. The number of aliphatic imine (C=N–C) groups is 1. The fourth-order valence-electron chi connectivity index (χ4n) is 1.34. The number of hydrogen-bond acceptors (Lipinski definition) is 3. The zero-order valence-corrected chi connectivity index (χ0v) is 14.9. The molecule has 5 nitrogen and oxygen atoms in total. The smallest absolute Gasteiger partial charge is 0.390 e. The minimum absolute atomic E-state index is 0. The quantitative estimate of drug-likeness (QED) is 0.302. The molecule has 0 aliphatic carbocycles. The molecule has 0 saturated heterocycles. The zero-order valence-electron chi connectivity index (χ0n) is 11.8. The lowest BCUT2D eigenvalue weighted by Gasteiger charge is -2.13. The molecule has 0 saturated carbocycles. The first-order valence-electron chi connectivity index (χ1n) is 6.17. The Morgan fingerprint density at radius 3 is 2.64 bits per heavy atom. The fourth-order valence-corrected chi connectivity index (χ4v) is 1.51. The van der Waals surface area contributed by atoms with Crippen molar-refractivity contribution in [2.75, 3.05) is 26.7 Å². The minimum atomic E-state index is -4.19. The van der Waals surface area contributed by atoms with Crippen molar-refractivity contribution in [3.05, 3.63) is 23.4 Å². The Bertz CT molecular complexity index is 474. The highest BCUT2D eigenvalue weighted by atomic mass is 127. The number of guanidine groups is 1. The second kappa shape index (κ2) is 10.7. The van der Waals surface area contributed by atoms with Crippen molar-refractivity contribution in [1.82, 2.24) is 15.6 Å². The van der Waals surface area contributed by atoms with E-state index in [1.807, 2.05) is 0 Å². The Morgan fingerprint density at radius 1 is 1.36 bits per heavy atom. The lowest BCUT2D eigenvalue weighted by atomic mass is 10.4. The van der Waals surface area contributed by atoms with Crippen LogP contribution in [0.5, 0.6) is 5.88 Å². The Morgan fingerprint density at radius 2 is 2.05 bits per heavy atom. The number of ether oxygens (including phenoxy) is 1. The second-order valence-corrected chi connectivity index (χ2v) is 4.34. The Kier molecular flexibility index (Phi) is 10.2. The molecule has 1 aromatic heterocycles. The number of nitrogens with zero attached hydrogens (tertiary/aromatic N) is 2. The maximum atomic E-state index is 12.0. The number of halogens is 5. The summed E-state index contributed by atoms with van der Waals surface area (Å²) in [5.74, 6) is 0.580. The first-order chi connectivity index (χ1) is 9.92. The van der Waals surface area contributed by atoms with Gasteiger partial charge < -0.3 is 15.4 Å². The van der Waals surface area contributed by atoms with Gasteiger partial charge in [-0.25, -0.2) is 4.98 Å². The molecular weight excluding hydrogens is 436 g/mol. The van der Waals surface area contributed by atoms with Gasteiger partial charge in [-0.15, -0.1) is 24.0 Å². The SMILES string of the molecule is CN=C(NCCOc1ncccc1Cl)NCCC(F)(F)F.I. The zero-order chi connectivity index (χ0) is 15.7. The van der Waals surface area contributed by atoms with Crippen molar-refractivity contribution in [1.29, 1.82) is 0 Å². The van der Waals surface area contributed by atoms with Gasteiger partial charge in [-0.1, -0.05) is 11.6 Å². The number of nitrogens with one attached hydrogen (secondary N) is 2. The average molecular weight is 453 g/mol. The topological polar surface area (TPSA) is 58.5 Å². The van der Waals surface area contributed by atoms with E-state index in [2.05, 4.69) is 20.6 Å². The van der Waals surface area contributed by atoms with E-state index in [1.54, 1.807) is 18.3 Å². The summed E-state index contributed by atoms with van der Waals surface area (Å²) in [6, 6.07) is 3.33. The predicted octanol–water partition coefficient (Wildman–Crippen LogP) is 2.85. The van der Waals surface area contributed by atoms with Crippen LogP contribution < -0.4 is 15.4 Å². The maximum absolute atomic E-state index is 12.0. The van der Waals surface area contributed by atoms with Crippen molar-refractivity contribution in [3.8, 4) is 5.88 Å². The molecule has 0 bridgehead atoms. The molecule has 0 aromatic carbocycles. The van der Waals surface area contributed by atoms with Gasteiger partial charge in [0.2, 0.25) is 5.88 Å². The summed E-state index contributed by atoms with van der Waals surface area (Å²) >= 11 is 5.85. The normalized spacial score (nSPS) is 11.6. The molecule has 126 valence electrons. The summed E-state index contributed by atoms with van der Waals surface area (Å²) in [6.45, 7) is 0.353. The van der Waals surface area contributed by atoms with Gasteiger partial charge >= 0.3 is 6.18 Å². The molecule has 2 N–H and O–H groups in total. The van der Waals surface area contributed by atoms with Gasteiger partial charge in [-0.3, -0.25) is 4.99 Å². The highest BCUT2D eigenvalue weighted by molar-refractivity contribution is 14.0. The van der Waals surface area contributed by atoms with Crippen LogP contribution in [0.4, 0.5) is 13.2 Å². The van der Waals surface area contributed by atoms with Gasteiger partial charge in [-0.2, -0.15) is 13.2 Å². The molecule has 0 atom stereocenters. The van der Waals surface area contributed by atoms with E-state index < -0.39 is 12.6 Å². The van der Waals surface area contributed by atoms with Crippen molar-refractivity contribution in [2.45, 2.75) is 12.6 Å². The molecule has 1 aromatic rings. The molecule has 10 heteroatoms. The van der Waals surface area contributed by atoms with E-state index in [1.165, 1.54) is 7.05 Å². The van der Waals surface area contributed by atoms with Crippen LogP contribution in [-0.4, -0.2) is 43.9 Å². The van der Waals surface area contributed by atoms with Crippen LogP contribution in [0, 0.1) is 0 Å². The highest BCUT2D eigenvalue weighted by Gasteiger charge is 2.26. The van der Waals surface area contributed by atoms with Gasteiger partial charge in [-0.05, 0) is 12.1 Å². The van der Waals surface area contributed by atoms with E-state index in [9.17, 15) is 13.2 Å². The molecule has 0 aliphatic rings. The monoisotopic (exact) mass is 452 g/mol. The van der Waals surface area contributed by atoms with Crippen molar-refractivity contribution < 1.29 is 17.9 Å². The number of rotatable bonds is 6. The Balaban J connectivity index is 0.00000441. The second-order valence-electron chi connectivity index (χ2n) is 3.93. The summed E-state index contributed by atoms with van der Waals surface area (Å²) in [6.07, 6.45) is -3.56. The van der Waals surface area contributed by atoms with Crippen LogP contribution in [0.25, 0.3) is 0 Å². The van der Waals surface area contributed by atoms with Crippen LogP contribution in [0.1, 0.15) is 6.42 Å². The van der Waals surface area contributed by atoms with Crippen molar-refractivity contribution in [3.63, 3.8) is 0 Å². The molecule has 0 amide bonds. The van der Waals surface area contributed by atoms with Gasteiger partial charge in [0.1, 0.15) is 11.6 Å². The molecule has 0 aliphatic heterocycles. The number of aromatic nitrogens is 1. The van der Waals surface area contributed by atoms with E-state index in [0.29, 0.717) is 17.4 Å². The largest absolute Gasteiger partial charge is 0.475 e. The fraction of sp³-hybridized carbons (Fsp3) is 0.500. The van der Waals surface area contributed by atoms with Gasteiger partial charge in [0.15, 0.2) is 5.96 Å². The third kappa shape index (κ3) is 9.13. The van der Waals surface area contributed by atoms with Crippen molar-refractivity contribution >= 4 is 41.5 Å². The molecule has 1 heterocycles. The van der Waals surface area contributed by atoms with Gasteiger partial charge in [0, 0.05) is 19.8 Å². The number of pyridine rings is 1. The molecular formula is C12H17ClF3IN4O. The van der Waals surface area contributed by atoms with Gasteiger partial charge in [0.25, 0.3) is 0 Å². The third-order valence-corrected chi connectivity index (χ3v) is 2.57. The van der Waals surface area contributed by atoms with Gasteiger partial charge in [0.05, 0.1) is 13.0 Å². The van der Waals surface area contributed by atoms with Crippen LogP contribution >= 0.6 is 35.6 Å².